The number of halogens is 2. The predicted octanol–water partition coefficient (Wildman–Crippen LogP) is 4.13. The van der Waals surface area contributed by atoms with Gasteiger partial charge in [0, 0.05) is 10.2 Å². The molecule has 0 spiro atoms. The maximum atomic E-state index is 11.6. The molecule has 16 heavy (non-hydrogen) atoms. The van der Waals surface area contributed by atoms with Crippen LogP contribution >= 0.6 is 39.3 Å². The summed E-state index contributed by atoms with van der Waals surface area (Å²) in [6.07, 6.45) is 1.97. The second-order valence-corrected chi connectivity index (χ2v) is 4.75. The molecule has 5 heteroatoms. The zero-order valence-corrected chi connectivity index (χ0v) is 12.2. The number of carbonyl (C=O) groups excluding carboxylic acids is 1. The van der Waals surface area contributed by atoms with Crippen molar-refractivity contribution in [3.05, 3.63) is 28.3 Å². The van der Waals surface area contributed by atoms with E-state index in [1.807, 2.05) is 12.3 Å². The van der Waals surface area contributed by atoms with Crippen LogP contribution in [0.15, 0.2) is 17.0 Å². The highest BCUT2D eigenvalue weighted by atomic mass is 79.9. The summed E-state index contributed by atoms with van der Waals surface area (Å²) >= 11 is 11.2. The molecule has 0 saturated heterocycles. The van der Waals surface area contributed by atoms with Crippen LogP contribution in [0.2, 0.25) is 5.02 Å². The molecule has 0 fully saturated rings. The zero-order chi connectivity index (χ0) is 12.1. The third kappa shape index (κ3) is 2.93. The summed E-state index contributed by atoms with van der Waals surface area (Å²) in [5.74, 6) is -0.373. The first-order valence-corrected chi connectivity index (χ1v) is 7.46. The predicted molar refractivity (Wildman–Crippen MR) is 71.8 cm³/mol. The van der Waals surface area contributed by atoms with Gasteiger partial charge in [-0.25, -0.2) is 4.79 Å². The average molecular weight is 324 g/mol. The van der Waals surface area contributed by atoms with Crippen LogP contribution in [0.4, 0.5) is 0 Å². The second kappa shape index (κ2) is 6.52. The minimum Gasteiger partial charge on any atom is -0.462 e. The molecule has 2 nitrogen and oxygen atoms in total. The van der Waals surface area contributed by atoms with Gasteiger partial charge in [-0.3, -0.25) is 0 Å². The normalized spacial score (nSPS) is 10.2. The number of carbonyl (C=O) groups is 1. The van der Waals surface area contributed by atoms with E-state index in [4.69, 9.17) is 16.3 Å². The summed E-state index contributed by atoms with van der Waals surface area (Å²) in [4.78, 5) is 12.7. The molecule has 0 amide bonds. The fourth-order valence-electron chi connectivity index (χ4n) is 1.29. The van der Waals surface area contributed by atoms with E-state index in [0.717, 1.165) is 10.5 Å². The molecule has 1 rings (SSSR count). The highest BCUT2D eigenvalue weighted by Gasteiger charge is 2.16. The molecule has 0 unspecified atom stereocenters. The number of benzene rings is 1. The first-order valence-electron chi connectivity index (χ1n) is 4.74. The molecule has 0 radical (unpaired) electrons. The summed E-state index contributed by atoms with van der Waals surface area (Å²) in [7, 11) is 0. The van der Waals surface area contributed by atoms with E-state index < -0.39 is 0 Å². The SMILES string of the molecule is CCOC(=O)c1ccc(SC)c(CBr)c1Cl. The molecule has 0 aliphatic heterocycles. The van der Waals surface area contributed by atoms with E-state index in [0.29, 0.717) is 22.5 Å². The third-order valence-electron chi connectivity index (χ3n) is 2.05. The Labute approximate surface area is 113 Å². The third-order valence-corrected chi connectivity index (χ3v) is 3.86. The molecule has 0 N–H and O–H groups in total. The fraction of sp³-hybridized carbons (Fsp3) is 0.364. The lowest BCUT2D eigenvalue weighted by Gasteiger charge is -2.10. The van der Waals surface area contributed by atoms with E-state index in [2.05, 4.69) is 15.9 Å². The number of hydrogen-bond acceptors (Lipinski definition) is 3. The first kappa shape index (κ1) is 13.9. The van der Waals surface area contributed by atoms with Crippen molar-refractivity contribution < 1.29 is 9.53 Å². The van der Waals surface area contributed by atoms with Crippen LogP contribution in [-0.2, 0) is 10.1 Å². The van der Waals surface area contributed by atoms with Crippen molar-refractivity contribution in [1.29, 1.82) is 0 Å². The molecule has 0 heterocycles. The lowest BCUT2D eigenvalue weighted by atomic mass is 10.1. The van der Waals surface area contributed by atoms with Crippen LogP contribution in [0.5, 0.6) is 0 Å². The van der Waals surface area contributed by atoms with Crippen molar-refractivity contribution in [1.82, 2.24) is 0 Å². The maximum Gasteiger partial charge on any atom is 0.339 e. The molecule has 0 aromatic heterocycles. The quantitative estimate of drug-likeness (QED) is 0.473. The van der Waals surface area contributed by atoms with Gasteiger partial charge in [-0.15, -0.1) is 11.8 Å². The van der Waals surface area contributed by atoms with Gasteiger partial charge in [-0.2, -0.15) is 0 Å². The van der Waals surface area contributed by atoms with E-state index in [9.17, 15) is 4.79 Å². The van der Waals surface area contributed by atoms with Gasteiger partial charge < -0.3 is 4.74 Å². The minimum absolute atomic E-state index is 0.350. The van der Waals surface area contributed by atoms with Crippen LogP contribution < -0.4 is 0 Å². The van der Waals surface area contributed by atoms with Gasteiger partial charge in [-0.1, -0.05) is 27.5 Å². The van der Waals surface area contributed by atoms with Crippen LogP contribution in [0, 0.1) is 0 Å². The highest BCUT2D eigenvalue weighted by Crippen LogP contribution is 2.32. The number of rotatable bonds is 4. The Hall–Kier alpha value is -0.190. The van der Waals surface area contributed by atoms with Crippen LogP contribution in [0.25, 0.3) is 0 Å². The lowest BCUT2D eigenvalue weighted by Crippen LogP contribution is -2.06. The summed E-state index contributed by atoms with van der Waals surface area (Å²) in [6.45, 7) is 2.12. The van der Waals surface area contributed by atoms with Gasteiger partial charge in [0.05, 0.1) is 17.2 Å². The standard InChI is InChI=1S/C11H12BrClO2S/c1-3-15-11(14)7-4-5-9(16-2)8(6-12)10(7)13/h4-5H,3,6H2,1-2H3. The summed E-state index contributed by atoms with van der Waals surface area (Å²) in [6, 6.07) is 3.59. The molecular formula is C11H12BrClO2S. The molecule has 0 aliphatic rings. The van der Waals surface area contributed by atoms with E-state index in [1.165, 1.54) is 0 Å². The topological polar surface area (TPSA) is 26.3 Å². The highest BCUT2D eigenvalue weighted by molar-refractivity contribution is 9.08. The van der Waals surface area contributed by atoms with Gasteiger partial charge in [0.25, 0.3) is 0 Å². The van der Waals surface area contributed by atoms with E-state index >= 15 is 0 Å². The van der Waals surface area contributed by atoms with Crippen LogP contribution in [0.3, 0.4) is 0 Å². The Morgan fingerprint density at radius 1 is 1.56 bits per heavy atom. The van der Waals surface area contributed by atoms with Crippen LogP contribution in [-0.4, -0.2) is 18.8 Å². The Morgan fingerprint density at radius 3 is 2.75 bits per heavy atom. The van der Waals surface area contributed by atoms with Crippen molar-refractivity contribution in [3.8, 4) is 0 Å². The molecule has 0 aliphatic carbocycles. The monoisotopic (exact) mass is 322 g/mol. The molecular weight excluding hydrogens is 312 g/mol. The van der Waals surface area contributed by atoms with Gasteiger partial charge in [0.15, 0.2) is 0 Å². The van der Waals surface area contributed by atoms with E-state index in [1.54, 1.807) is 24.8 Å². The summed E-state index contributed by atoms with van der Waals surface area (Å²) in [5.41, 5.74) is 1.36. The maximum absolute atomic E-state index is 11.6. The molecule has 1 aromatic carbocycles. The Kier molecular flexibility index (Phi) is 5.66. The van der Waals surface area contributed by atoms with Crippen molar-refractivity contribution in [2.45, 2.75) is 17.1 Å². The number of alkyl halides is 1. The van der Waals surface area contributed by atoms with Gasteiger partial charge >= 0.3 is 5.97 Å². The van der Waals surface area contributed by atoms with Gasteiger partial charge in [0.1, 0.15) is 0 Å². The second-order valence-electron chi connectivity index (χ2n) is 2.96. The van der Waals surface area contributed by atoms with Crippen molar-refractivity contribution >= 4 is 45.3 Å². The number of hydrogen-bond donors (Lipinski definition) is 0. The van der Waals surface area contributed by atoms with Gasteiger partial charge in [0.2, 0.25) is 0 Å². The van der Waals surface area contributed by atoms with Gasteiger partial charge in [-0.05, 0) is 30.9 Å². The average Bonchev–Trinajstić information content (AvgIpc) is 2.28. The lowest BCUT2D eigenvalue weighted by molar-refractivity contribution is 0.0526. The molecule has 0 saturated carbocycles. The van der Waals surface area contributed by atoms with E-state index in [-0.39, 0.29) is 5.97 Å². The largest absolute Gasteiger partial charge is 0.462 e. The van der Waals surface area contributed by atoms with Crippen molar-refractivity contribution in [3.63, 3.8) is 0 Å². The van der Waals surface area contributed by atoms with Crippen molar-refractivity contribution in [2.75, 3.05) is 12.9 Å². The Bertz CT molecular complexity index is 396. The molecule has 0 atom stereocenters. The smallest absolute Gasteiger partial charge is 0.339 e. The Morgan fingerprint density at radius 2 is 2.25 bits per heavy atom. The minimum atomic E-state index is -0.373. The first-order chi connectivity index (χ1) is 7.65. The number of thioether (sulfide) groups is 1. The summed E-state index contributed by atoms with van der Waals surface area (Å²) < 4.78 is 4.94. The fourth-order valence-corrected chi connectivity index (χ4v) is 3.20. The number of ether oxygens (including phenoxy) is 1. The zero-order valence-electron chi connectivity index (χ0n) is 9.05. The molecule has 88 valence electrons. The molecule has 0 bridgehead atoms. The molecule has 1 aromatic rings. The Balaban J connectivity index is 3.18. The number of esters is 1. The van der Waals surface area contributed by atoms with Crippen molar-refractivity contribution in [2.24, 2.45) is 0 Å². The van der Waals surface area contributed by atoms with Crippen LogP contribution in [0.1, 0.15) is 22.8 Å². The summed E-state index contributed by atoms with van der Waals surface area (Å²) in [5, 5.41) is 1.09.